The lowest BCUT2D eigenvalue weighted by Crippen LogP contribution is -2.28. The quantitative estimate of drug-likeness (QED) is 0.378. The number of carbonyl (C=O) groups excluding carboxylic acids is 1. The second-order valence-electron chi connectivity index (χ2n) is 7.55. The van der Waals surface area contributed by atoms with Gasteiger partial charge in [0.2, 0.25) is 5.88 Å². The fourth-order valence-corrected chi connectivity index (χ4v) is 6.19. The summed E-state index contributed by atoms with van der Waals surface area (Å²) in [7, 11) is 0. The molecule has 0 aliphatic carbocycles. The second kappa shape index (κ2) is 12.6. The minimum atomic E-state index is -0.187. The molecule has 8 heteroatoms. The van der Waals surface area contributed by atoms with Crippen LogP contribution in [0, 0.1) is 0 Å². The van der Waals surface area contributed by atoms with Gasteiger partial charge in [-0.3, -0.25) is 4.79 Å². The maximum absolute atomic E-state index is 12.2. The summed E-state index contributed by atoms with van der Waals surface area (Å²) in [6.07, 6.45) is 2.96. The Morgan fingerprint density at radius 2 is 1.76 bits per heavy atom. The van der Waals surface area contributed by atoms with Crippen molar-refractivity contribution in [2.45, 2.75) is 24.5 Å². The van der Waals surface area contributed by atoms with Crippen LogP contribution in [0.15, 0.2) is 66.9 Å². The molecule has 1 aliphatic heterocycles. The number of benzene rings is 2. The van der Waals surface area contributed by atoms with Crippen LogP contribution in [0.3, 0.4) is 0 Å². The van der Waals surface area contributed by atoms with Gasteiger partial charge < -0.3 is 19.5 Å². The number of rotatable bonds is 10. The number of nitrogens with one attached hydrogen (secondary N) is 1. The molecule has 1 saturated heterocycles. The van der Waals surface area contributed by atoms with Crippen molar-refractivity contribution in [1.82, 2.24) is 10.3 Å². The van der Waals surface area contributed by atoms with Gasteiger partial charge in [-0.05, 0) is 60.2 Å². The molecule has 1 N–H and O–H groups in total. The number of ether oxygens (including phenoxy) is 3. The van der Waals surface area contributed by atoms with Crippen LogP contribution in [-0.2, 0) is 11.3 Å². The van der Waals surface area contributed by atoms with Crippen LogP contribution >= 0.6 is 23.5 Å². The Bertz CT molecular complexity index is 1060. The van der Waals surface area contributed by atoms with E-state index in [4.69, 9.17) is 14.2 Å². The molecule has 1 fully saturated rings. The minimum Gasteiger partial charge on any atom is -0.490 e. The van der Waals surface area contributed by atoms with Gasteiger partial charge in [-0.25, -0.2) is 4.98 Å². The molecule has 34 heavy (non-hydrogen) atoms. The van der Waals surface area contributed by atoms with Crippen LogP contribution in [0.1, 0.15) is 29.1 Å². The zero-order chi connectivity index (χ0) is 23.6. The van der Waals surface area contributed by atoms with E-state index in [0.717, 1.165) is 5.56 Å². The van der Waals surface area contributed by atoms with E-state index in [1.165, 1.54) is 23.5 Å². The zero-order valence-electron chi connectivity index (χ0n) is 19.1. The molecule has 4 rings (SSSR count). The summed E-state index contributed by atoms with van der Waals surface area (Å²) in [5.41, 5.74) is 2.17. The normalized spacial score (nSPS) is 13.8. The van der Waals surface area contributed by atoms with Crippen LogP contribution in [-0.4, -0.2) is 35.6 Å². The summed E-state index contributed by atoms with van der Waals surface area (Å²) in [5.74, 6) is 4.67. The average Bonchev–Trinajstić information content (AvgIpc) is 2.89. The van der Waals surface area contributed by atoms with Gasteiger partial charge in [0.1, 0.15) is 5.75 Å². The smallest absolute Gasteiger partial charge is 0.258 e. The largest absolute Gasteiger partial charge is 0.490 e. The number of aromatic nitrogens is 1. The molecule has 1 aromatic heterocycles. The third-order valence-electron chi connectivity index (χ3n) is 5.00. The molecule has 0 radical (unpaired) electrons. The van der Waals surface area contributed by atoms with E-state index in [2.05, 4.69) is 22.4 Å². The standard InChI is InChI=1S/C26H28N2O4S2/c1-2-30-22-6-3-4-7-23(22)32-25-13-8-19(17-28-25)16-27-24(29)18-31-21-11-9-20(10-12-21)26-33-14-5-15-34-26/h3-4,6-13,17,26H,2,5,14-16,18H2,1H3,(H,27,29). The summed E-state index contributed by atoms with van der Waals surface area (Å²) in [4.78, 5) is 16.5. The number of hydrogen-bond acceptors (Lipinski definition) is 7. The first-order valence-electron chi connectivity index (χ1n) is 11.3. The lowest BCUT2D eigenvalue weighted by molar-refractivity contribution is -0.123. The van der Waals surface area contributed by atoms with Crippen LogP contribution in [0.4, 0.5) is 0 Å². The molecular formula is C26H28N2O4S2. The third-order valence-corrected chi connectivity index (χ3v) is 8.02. The number of nitrogens with zero attached hydrogens (tertiary/aromatic N) is 1. The number of hydrogen-bond donors (Lipinski definition) is 1. The Hall–Kier alpha value is -2.84. The van der Waals surface area contributed by atoms with Gasteiger partial charge in [0.25, 0.3) is 5.91 Å². The van der Waals surface area contributed by atoms with E-state index >= 15 is 0 Å². The van der Waals surface area contributed by atoms with Crippen molar-refractivity contribution < 1.29 is 19.0 Å². The lowest BCUT2D eigenvalue weighted by atomic mass is 10.2. The van der Waals surface area contributed by atoms with Crippen LogP contribution < -0.4 is 19.5 Å². The first-order valence-corrected chi connectivity index (χ1v) is 13.4. The Balaban J connectivity index is 1.21. The van der Waals surface area contributed by atoms with E-state index in [9.17, 15) is 4.79 Å². The molecule has 0 spiro atoms. The number of para-hydroxylation sites is 2. The highest BCUT2D eigenvalue weighted by Gasteiger charge is 2.16. The van der Waals surface area contributed by atoms with E-state index in [0.29, 0.717) is 40.9 Å². The van der Waals surface area contributed by atoms with Gasteiger partial charge >= 0.3 is 0 Å². The van der Waals surface area contributed by atoms with Gasteiger partial charge in [0, 0.05) is 18.8 Å². The summed E-state index contributed by atoms with van der Waals surface area (Å²) >= 11 is 3.98. The molecule has 0 bridgehead atoms. The summed E-state index contributed by atoms with van der Waals surface area (Å²) in [6.45, 7) is 2.81. The van der Waals surface area contributed by atoms with Crippen molar-refractivity contribution >= 4 is 29.4 Å². The van der Waals surface area contributed by atoms with Crippen LogP contribution in [0.2, 0.25) is 0 Å². The van der Waals surface area contributed by atoms with Crippen LogP contribution in [0.5, 0.6) is 23.1 Å². The monoisotopic (exact) mass is 496 g/mol. The third kappa shape index (κ3) is 7.08. The van der Waals surface area contributed by atoms with Crippen molar-refractivity contribution in [2.75, 3.05) is 24.7 Å². The first kappa shape index (κ1) is 24.3. The predicted octanol–water partition coefficient (Wildman–Crippen LogP) is 5.84. The zero-order valence-corrected chi connectivity index (χ0v) is 20.7. The highest BCUT2D eigenvalue weighted by molar-refractivity contribution is 8.16. The molecule has 6 nitrogen and oxygen atoms in total. The molecule has 1 aliphatic rings. The Labute approximate surface area is 208 Å². The van der Waals surface area contributed by atoms with E-state index in [1.807, 2.05) is 72.9 Å². The molecule has 0 unspecified atom stereocenters. The molecule has 0 atom stereocenters. The Kier molecular flexibility index (Phi) is 8.98. The molecule has 1 amide bonds. The second-order valence-corrected chi connectivity index (χ2v) is 10.3. The van der Waals surface area contributed by atoms with Crippen molar-refractivity contribution in [3.63, 3.8) is 0 Å². The summed E-state index contributed by atoms with van der Waals surface area (Å²) in [5, 5.41) is 2.86. The average molecular weight is 497 g/mol. The van der Waals surface area contributed by atoms with Gasteiger partial charge in [-0.1, -0.05) is 30.3 Å². The van der Waals surface area contributed by atoms with E-state index in [1.54, 1.807) is 12.3 Å². The number of amides is 1. The Morgan fingerprint density at radius 1 is 1.00 bits per heavy atom. The van der Waals surface area contributed by atoms with E-state index < -0.39 is 0 Å². The fourth-order valence-electron chi connectivity index (χ4n) is 3.30. The first-order chi connectivity index (χ1) is 16.7. The van der Waals surface area contributed by atoms with Crippen LogP contribution in [0.25, 0.3) is 0 Å². The van der Waals surface area contributed by atoms with Crippen molar-refractivity contribution in [1.29, 1.82) is 0 Å². The molecule has 2 heterocycles. The van der Waals surface area contributed by atoms with Gasteiger partial charge in [-0.2, -0.15) is 0 Å². The number of pyridine rings is 1. The maximum Gasteiger partial charge on any atom is 0.258 e. The maximum atomic E-state index is 12.2. The molecule has 3 aromatic rings. The summed E-state index contributed by atoms with van der Waals surface area (Å²) < 4.78 is 17.5. The van der Waals surface area contributed by atoms with Gasteiger partial charge in [0.15, 0.2) is 18.1 Å². The van der Waals surface area contributed by atoms with Crippen molar-refractivity contribution in [2.24, 2.45) is 0 Å². The minimum absolute atomic E-state index is 0.0326. The van der Waals surface area contributed by atoms with Crippen molar-refractivity contribution in [3.8, 4) is 23.1 Å². The molecule has 0 saturated carbocycles. The Morgan fingerprint density at radius 3 is 2.47 bits per heavy atom. The molecule has 178 valence electrons. The summed E-state index contributed by atoms with van der Waals surface area (Å²) in [6, 6.07) is 19.2. The fraction of sp³-hybridized carbons (Fsp3) is 0.308. The lowest BCUT2D eigenvalue weighted by Gasteiger charge is -2.21. The topological polar surface area (TPSA) is 69.7 Å². The highest BCUT2D eigenvalue weighted by atomic mass is 32.2. The predicted molar refractivity (Wildman–Crippen MR) is 138 cm³/mol. The van der Waals surface area contributed by atoms with Gasteiger partial charge in [0.05, 0.1) is 11.2 Å². The molecular weight excluding hydrogens is 468 g/mol. The molecule has 2 aromatic carbocycles. The number of thioether (sulfide) groups is 2. The van der Waals surface area contributed by atoms with E-state index in [-0.39, 0.29) is 12.5 Å². The van der Waals surface area contributed by atoms with Gasteiger partial charge in [-0.15, -0.1) is 23.5 Å². The van der Waals surface area contributed by atoms with Crippen molar-refractivity contribution in [3.05, 3.63) is 78.0 Å². The SMILES string of the molecule is CCOc1ccccc1Oc1ccc(CNC(=O)COc2ccc(C3SCCCS3)cc2)cn1. The highest BCUT2D eigenvalue weighted by Crippen LogP contribution is 2.43. The number of carbonyl (C=O) groups is 1.